The molecule has 0 aliphatic rings. The summed E-state index contributed by atoms with van der Waals surface area (Å²) in [5.74, 6) is -0.134. The van der Waals surface area contributed by atoms with Crippen LogP contribution in [0.1, 0.15) is 16.8 Å². The standard InChI is InChI=1S/C19H17Cl2N3O/c1-13-2-4-14(5-3-13)6-7-18(25)22-9-8-16-12-24-11-15(20)10-17(21)19(24)23-16/h2-7,10-12H,8-9H2,1H3,(H,22,25)/b7-6+. The van der Waals surface area contributed by atoms with Gasteiger partial charge >= 0.3 is 0 Å². The van der Waals surface area contributed by atoms with E-state index in [-0.39, 0.29) is 5.91 Å². The summed E-state index contributed by atoms with van der Waals surface area (Å²) in [5, 5.41) is 3.90. The number of nitrogens with one attached hydrogen (secondary N) is 1. The minimum absolute atomic E-state index is 0.134. The van der Waals surface area contributed by atoms with Gasteiger partial charge in [-0.2, -0.15) is 0 Å². The number of amides is 1. The Morgan fingerprint density at radius 1 is 1.24 bits per heavy atom. The minimum Gasteiger partial charge on any atom is -0.352 e. The molecule has 0 aliphatic heterocycles. The number of hydrogen-bond acceptors (Lipinski definition) is 2. The van der Waals surface area contributed by atoms with Crippen molar-refractivity contribution < 1.29 is 4.79 Å². The van der Waals surface area contributed by atoms with Crippen LogP contribution in [0.5, 0.6) is 0 Å². The molecule has 0 saturated carbocycles. The van der Waals surface area contributed by atoms with E-state index < -0.39 is 0 Å². The number of nitrogens with zero attached hydrogens (tertiary/aromatic N) is 2. The van der Waals surface area contributed by atoms with Crippen LogP contribution >= 0.6 is 23.2 Å². The fourth-order valence-electron chi connectivity index (χ4n) is 2.42. The zero-order chi connectivity index (χ0) is 17.8. The molecule has 1 aromatic carbocycles. The smallest absolute Gasteiger partial charge is 0.244 e. The highest BCUT2D eigenvalue weighted by molar-refractivity contribution is 6.36. The van der Waals surface area contributed by atoms with Crippen LogP contribution in [0.4, 0.5) is 0 Å². The molecule has 3 rings (SSSR count). The molecular weight excluding hydrogens is 357 g/mol. The molecule has 4 nitrogen and oxygen atoms in total. The lowest BCUT2D eigenvalue weighted by atomic mass is 10.1. The monoisotopic (exact) mass is 373 g/mol. The number of halogens is 2. The Labute approximate surface area is 156 Å². The molecule has 0 spiro atoms. The highest BCUT2D eigenvalue weighted by atomic mass is 35.5. The highest BCUT2D eigenvalue weighted by Gasteiger charge is 2.07. The van der Waals surface area contributed by atoms with Crippen LogP contribution in [-0.4, -0.2) is 21.8 Å². The number of hydrogen-bond donors (Lipinski definition) is 1. The van der Waals surface area contributed by atoms with Crippen LogP contribution in [0.25, 0.3) is 11.7 Å². The zero-order valence-electron chi connectivity index (χ0n) is 13.7. The van der Waals surface area contributed by atoms with Crippen LogP contribution in [0.15, 0.2) is 48.8 Å². The third-order valence-electron chi connectivity index (χ3n) is 3.71. The Hall–Kier alpha value is -2.30. The maximum atomic E-state index is 11.9. The SMILES string of the molecule is Cc1ccc(/C=C/C(=O)NCCc2cn3cc(Cl)cc(Cl)c3n2)cc1. The average Bonchev–Trinajstić information content (AvgIpc) is 2.97. The molecule has 0 fully saturated rings. The quantitative estimate of drug-likeness (QED) is 0.676. The van der Waals surface area contributed by atoms with E-state index in [2.05, 4.69) is 10.3 Å². The van der Waals surface area contributed by atoms with E-state index in [0.717, 1.165) is 11.3 Å². The van der Waals surface area contributed by atoms with Crippen molar-refractivity contribution in [1.29, 1.82) is 0 Å². The Kier molecular flexibility index (Phi) is 5.41. The van der Waals surface area contributed by atoms with Gasteiger partial charge in [-0.25, -0.2) is 4.98 Å². The second kappa shape index (κ2) is 7.72. The molecule has 1 amide bonds. The molecule has 0 aliphatic carbocycles. The van der Waals surface area contributed by atoms with Crippen LogP contribution in [0, 0.1) is 6.92 Å². The largest absolute Gasteiger partial charge is 0.352 e. The first-order valence-corrected chi connectivity index (χ1v) is 8.62. The average molecular weight is 374 g/mol. The van der Waals surface area contributed by atoms with Crippen LogP contribution in [-0.2, 0) is 11.2 Å². The van der Waals surface area contributed by atoms with Crippen molar-refractivity contribution in [3.63, 3.8) is 0 Å². The Balaban J connectivity index is 1.54. The summed E-state index contributed by atoms with van der Waals surface area (Å²) in [6, 6.07) is 9.64. The molecule has 0 radical (unpaired) electrons. The van der Waals surface area contributed by atoms with Gasteiger partial charge < -0.3 is 9.72 Å². The fraction of sp³-hybridized carbons (Fsp3) is 0.158. The molecule has 1 N–H and O–H groups in total. The van der Waals surface area contributed by atoms with Crippen molar-refractivity contribution in [2.24, 2.45) is 0 Å². The summed E-state index contributed by atoms with van der Waals surface area (Å²) in [5.41, 5.74) is 3.68. The number of aryl methyl sites for hydroxylation is 1. The number of rotatable bonds is 5. The summed E-state index contributed by atoms with van der Waals surface area (Å²) >= 11 is 12.1. The van der Waals surface area contributed by atoms with Crippen molar-refractivity contribution in [3.8, 4) is 0 Å². The first-order chi connectivity index (χ1) is 12.0. The van der Waals surface area contributed by atoms with Gasteiger partial charge in [0, 0.05) is 31.4 Å². The Morgan fingerprint density at radius 3 is 2.76 bits per heavy atom. The fourth-order valence-corrected chi connectivity index (χ4v) is 2.95. The summed E-state index contributed by atoms with van der Waals surface area (Å²) in [4.78, 5) is 16.3. The molecule has 2 aromatic heterocycles. The van der Waals surface area contributed by atoms with Crippen molar-refractivity contribution >= 4 is 40.8 Å². The van der Waals surface area contributed by atoms with Crippen LogP contribution in [0.3, 0.4) is 0 Å². The number of carbonyl (C=O) groups is 1. The number of carbonyl (C=O) groups excluding carboxylic acids is 1. The summed E-state index contributed by atoms with van der Waals surface area (Å²) in [7, 11) is 0. The zero-order valence-corrected chi connectivity index (χ0v) is 15.2. The first-order valence-electron chi connectivity index (χ1n) is 7.86. The molecule has 0 unspecified atom stereocenters. The van der Waals surface area contributed by atoms with Gasteiger partial charge in [0.25, 0.3) is 0 Å². The van der Waals surface area contributed by atoms with Gasteiger partial charge in [-0.15, -0.1) is 0 Å². The third kappa shape index (κ3) is 4.62. The number of imidazole rings is 1. The molecule has 0 atom stereocenters. The molecular formula is C19H17Cl2N3O. The van der Waals surface area contributed by atoms with Gasteiger partial charge in [-0.05, 0) is 24.6 Å². The van der Waals surface area contributed by atoms with Gasteiger partial charge in [-0.3, -0.25) is 4.79 Å². The van der Waals surface area contributed by atoms with Crippen molar-refractivity contribution in [2.45, 2.75) is 13.3 Å². The second-order valence-electron chi connectivity index (χ2n) is 5.75. The maximum absolute atomic E-state index is 11.9. The Morgan fingerprint density at radius 2 is 2.00 bits per heavy atom. The van der Waals surface area contributed by atoms with Gasteiger partial charge in [0.15, 0.2) is 5.65 Å². The molecule has 0 bridgehead atoms. The lowest BCUT2D eigenvalue weighted by molar-refractivity contribution is -0.116. The first kappa shape index (κ1) is 17.5. The van der Waals surface area contributed by atoms with Gasteiger partial charge in [0.05, 0.1) is 15.7 Å². The summed E-state index contributed by atoms with van der Waals surface area (Å²) in [6.07, 6.45) is 7.55. The minimum atomic E-state index is -0.134. The van der Waals surface area contributed by atoms with E-state index in [1.165, 1.54) is 11.6 Å². The lowest BCUT2D eigenvalue weighted by Crippen LogP contribution is -2.23. The molecule has 128 valence electrons. The number of benzene rings is 1. The molecule has 2 heterocycles. The predicted octanol–water partition coefficient (Wildman–Crippen LogP) is 4.32. The topological polar surface area (TPSA) is 46.4 Å². The molecule has 25 heavy (non-hydrogen) atoms. The lowest BCUT2D eigenvalue weighted by Gasteiger charge is -2.00. The molecule has 3 aromatic rings. The van der Waals surface area contributed by atoms with Crippen LogP contribution < -0.4 is 5.32 Å². The normalized spacial score (nSPS) is 11.3. The van der Waals surface area contributed by atoms with Gasteiger partial charge in [0.2, 0.25) is 5.91 Å². The van der Waals surface area contributed by atoms with Crippen molar-refractivity contribution in [2.75, 3.05) is 6.54 Å². The van der Waals surface area contributed by atoms with E-state index in [9.17, 15) is 4.79 Å². The second-order valence-corrected chi connectivity index (χ2v) is 6.60. The van der Waals surface area contributed by atoms with Crippen molar-refractivity contribution in [3.05, 3.63) is 75.7 Å². The van der Waals surface area contributed by atoms with E-state index in [1.54, 1.807) is 22.7 Å². The van der Waals surface area contributed by atoms with Gasteiger partial charge in [0.1, 0.15) is 0 Å². The van der Waals surface area contributed by atoms with E-state index in [4.69, 9.17) is 23.2 Å². The van der Waals surface area contributed by atoms with Gasteiger partial charge in [-0.1, -0.05) is 53.0 Å². The summed E-state index contributed by atoms with van der Waals surface area (Å²) < 4.78 is 1.79. The Bertz CT molecular complexity index is 930. The number of fused-ring (bicyclic) bond motifs is 1. The molecule has 6 heteroatoms. The van der Waals surface area contributed by atoms with E-state index >= 15 is 0 Å². The molecule has 0 saturated heterocycles. The highest BCUT2D eigenvalue weighted by Crippen LogP contribution is 2.21. The van der Waals surface area contributed by atoms with Crippen molar-refractivity contribution in [1.82, 2.24) is 14.7 Å². The third-order valence-corrected chi connectivity index (χ3v) is 4.19. The number of pyridine rings is 1. The van der Waals surface area contributed by atoms with E-state index in [1.807, 2.05) is 37.4 Å². The number of aromatic nitrogens is 2. The predicted molar refractivity (Wildman–Crippen MR) is 102 cm³/mol. The maximum Gasteiger partial charge on any atom is 0.244 e. The van der Waals surface area contributed by atoms with E-state index in [0.29, 0.717) is 28.7 Å². The van der Waals surface area contributed by atoms with Crippen LogP contribution in [0.2, 0.25) is 10.0 Å². The summed E-state index contributed by atoms with van der Waals surface area (Å²) in [6.45, 7) is 2.52.